The molecule has 1 unspecified atom stereocenters. The van der Waals surface area contributed by atoms with Gasteiger partial charge in [-0.05, 0) is 11.6 Å². The predicted molar refractivity (Wildman–Crippen MR) is 67.2 cm³/mol. The van der Waals surface area contributed by atoms with E-state index in [-0.39, 0.29) is 6.42 Å². The average Bonchev–Trinajstić information content (AvgIpc) is 2.71. The molecule has 2 aromatic rings. The van der Waals surface area contributed by atoms with E-state index < -0.39 is 17.9 Å². The fraction of sp³-hybridized carbons (Fsp3) is 0.231. The summed E-state index contributed by atoms with van der Waals surface area (Å²) in [6.45, 7) is 1.20. The summed E-state index contributed by atoms with van der Waals surface area (Å²) in [5.41, 5.74) is 1.55. The van der Waals surface area contributed by atoms with Gasteiger partial charge >= 0.3 is 5.97 Å². The number of rotatable bonds is 4. The van der Waals surface area contributed by atoms with Gasteiger partial charge in [0.05, 0.1) is 1.37 Å². The molecule has 1 aromatic heterocycles. The molecule has 0 saturated heterocycles. The fourth-order valence-electron chi connectivity index (χ4n) is 1.85. The Morgan fingerprint density at radius 2 is 2.22 bits per heavy atom. The molecule has 1 atom stereocenters. The summed E-state index contributed by atoms with van der Waals surface area (Å²) in [5, 5.41) is 12.2. The number of carbonyl (C=O) groups is 2. The van der Waals surface area contributed by atoms with Crippen LogP contribution in [-0.4, -0.2) is 28.0 Å². The molecular formula is C13H14N2O3. The molecular weight excluding hydrogens is 232 g/mol. The third-order valence-electron chi connectivity index (χ3n) is 2.63. The van der Waals surface area contributed by atoms with Crippen LogP contribution in [0.1, 0.15) is 13.9 Å². The van der Waals surface area contributed by atoms with E-state index in [9.17, 15) is 9.59 Å². The zero-order chi connectivity index (χ0) is 14.0. The number of carboxylic acids is 1. The van der Waals surface area contributed by atoms with Crippen molar-refractivity contribution in [3.63, 3.8) is 0 Å². The first kappa shape index (κ1) is 10.8. The summed E-state index contributed by atoms with van der Waals surface area (Å²) in [6, 6.07) is 5.35. The molecule has 2 rings (SSSR count). The first-order valence-corrected chi connectivity index (χ1v) is 5.49. The summed E-state index contributed by atoms with van der Waals surface area (Å²) in [4.78, 5) is 25.3. The largest absolute Gasteiger partial charge is 0.480 e. The molecule has 0 saturated carbocycles. The predicted octanol–water partition coefficient (Wildman–Crippen LogP) is 1.30. The molecule has 5 heteroatoms. The molecule has 0 fully saturated rings. The Balaban J connectivity index is 2.36. The lowest BCUT2D eigenvalue weighted by Gasteiger charge is -2.12. The number of benzene rings is 1. The lowest BCUT2D eigenvalue weighted by molar-refractivity contribution is -0.141. The Labute approximate surface area is 105 Å². The summed E-state index contributed by atoms with van der Waals surface area (Å²) in [7, 11) is 0. The third kappa shape index (κ3) is 2.51. The molecule has 18 heavy (non-hydrogen) atoms. The lowest BCUT2D eigenvalue weighted by atomic mass is 10.1. The quantitative estimate of drug-likeness (QED) is 0.761. The van der Waals surface area contributed by atoms with Crippen LogP contribution in [0.15, 0.2) is 30.5 Å². The molecule has 0 aliphatic carbocycles. The number of aromatic amines is 1. The topological polar surface area (TPSA) is 82.2 Å². The maximum absolute atomic E-state index is 11.2. The van der Waals surface area contributed by atoms with Crippen LogP contribution in [0, 0.1) is 0 Å². The van der Waals surface area contributed by atoms with Crippen LogP contribution in [0.4, 0.5) is 0 Å². The van der Waals surface area contributed by atoms with E-state index in [1.54, 1.807) is 6.20 Å². The van der Waals surface area contributed by atoms with Crippen molar-refractivity contribution in [2.24, 2.45) is 0 Å². The van der Waals surface area contributed by atoms with E-state index in [4.69, 9.17) is 6.48 Å². The second-order valence-corrected chi connectivity index (χ2v) is 4.00. The minimum atomic E-state index is -2.06. The number of carbonyl (C=O) groups excluding carboxylic acids is 1. The van der Waals surface area contributed by atoms with Crippen LogP contribution in [0.2, 0.25) is 0 Å². The Bertz CT molecular complexity index is 638. The number of amides is 1. The summed E-state index contributed by atoms with van der Waals surface area (Å²) >= 11 is 0. The highest BCUT2D eigenvalue weighted by molar-refractivity contribution is 5.86. The highest BCUT2D eigenvalue weighted by atomic mass is 16.4. The van der Waals surface area contributed by atoms with E-state index >= 15 is 0 Å². The van der Waals surface area contributed by atoms with E-state index in [0.717, 1.165) is 10.9 Å². The Morgan fingerprint density at radius 3 is 2.89 bits per heavy atom. The first-order chi connectivity index (χ1) is 8.92. The van der Waals surface area contributed by atoms with Crippen LogP contribution >= 0.6 is 0 Å². The van der Waals surface area contributed by atoms with Gasteiger partial charge in [-0.25, -0.2) is 4.79 Å². The molecule has 1 aromatic carbocycles. The van der Waals surface area contributed by atoms with Crippen molar-refractivity contribution in [3.8, 4) is 0 Å². The van der Waals surface area contributed by atoms with Crippen molar-refractivity contribution in [1.82, 2.24) is 10.3 Å². The number of fused-ring (bicyclic) bond motifs is 1. The van der Waals surface area contributed by atoms with Crippen molar-refractivity contribution < 1.29 is 16.1 Å². The van der Waals surface area contributed by atoms with Crippen molar-refractivity contribution in [1.29, 1.82) is 0 Å². The molecule has 0 aliphatic heterocycles. The zero-order valence-electron chi connectivity index (χ0n) is 10.9. The second kappa shape index (κ2) is 4.91. The van der Waals surface area contributed by atoms with Gasteiger partial charge in [0.1, 0.15) is 6.02 Å². The van der Waals surface area contributed by atoms with Gasteiger partial charge in [-0.15, -0.1) is 0 Å². The standard InChI is InChI=1S/C13H14N2O3/c1-8(16)15-12(13(17)18)6-9-7-14-11-5-3-2-4-10(9)11/h2-5,7,12,14H,6H2,1H3,(H,15,16)(H,17,18)/i12D. The summed E-state index contributed by atoms with van der Waals surface area (Å²) < 4.78 is 7.91. The minimum absolute atomic E-state index is 0.105. The van der Waals surface area contributed by atoms with E-state index in [1.165, 1.54) is 6.92 Å². The van der Waals surface area contributed by atoms with Gasteiger partial charge in [-0.2, -0.15) is 0 Å². The molecule has 0 bridgehead atoms. The normalized spacial score (nSPS) is 14.8. The monoisotopic (exact) mass is 247 g/mol. The maximum Gasteiger partial charge on any atom is 0.326 e. The van der Waals surface area contributed by atoms with Gasteiger partial charge in [0.2, 0.25) is 5.91 Å². The van der Waals surface area contributed by atoms with Gasteiger partial charge in [0.25, 0.3) is 0 Å². The average molecular weight is 247 g/mol. The highest BCUT2D eigenvalue weighted by Crippen LogP contribution is 2.19. The SMILES string of the molecule is [2H]C(Cc1c[nH]c2ccccc12)(NC(C)=O)C(=O)O. The van der Waals surface area contributed by atoms with Crippen molar-refractivity contribution in [3.05, 3.63) is 36.0 Å². The van der Waals surface area contributed by atoms with Gasteiger partial charge in [0.15, 0.2) is 0 Å². The third-order valence-corrected chi connectivity index (χ3v) is 2.63. The van der Waals surface area contributed by atoms with Crippen molar-refractivity contribution in [2.75, 3.05) is 0 Å². The molecule has 1 heterocycles. The number of aliphatic carboxylic acids is 1. The van der Waals surface area contributed by atoms with Crippen LogP contribution in [0.5, 0.6) is 0 Å². The van der Waals surface area contributed by atoms with Gasteiger partial charge in [-0.1, -0.05) is 18.2 Å². The van der Waals surface area contributed by atoms with Crippen LogP contribution in [0.25, 0.3) is 10.9 Å². The Morgan fingerprint density at radius 1 is 1.50 bits per heavy atom. The Hall–Kier alpha value is -2.30. The fourth-order valence-corrected chi connectivity index (χ4v) is 1.85. The number of aromatic nitrogens is 1. The van der Waals surface area contributed by atoms with E-state index in [0.29, 0.717) is 5.56 Å². The molecule has 94 valence electrons. The summed E-state index contributed by atoms with van der Waals surface area (Å²) in [6.07, 6.45) is 1.56. The second-order valence-electron chi connectivity index (χ2n) is 4.00. The van der Waals surface area contributed by atoms with Gasteiger partial charge < -0.3 is 15.4 Å². The molecule has 3 N–H and O–H groups in total. The maximum atomic E-state index is 11.2. The zero-order valence-corrected chi connectivity index (χ0v) is 9.86. The van der Waals surface area contributed by atoms with Crippen LogP contribution < -0.4 is 5.32 Å². The number of carboxylic acid groups (broad SMARTS) is 1. The molecule has 5 nitrogen and oxygen atoms in total. The highest BCUT2D eigenvalue weighted by Gasteiger charge is 2.20. The minimum Gasteiger partial charge on any atom is -0.480 e. The molecule has 1 amide bonds. The molecule has 0 spiro atoms. The number of nitrogens with one attached hydrogen (secondary N) is 2. The van der Waals surface area contributed by atoms with Gasteiger partial charge in [-0.3, -0.25) is 4.79 Å². The van der Waals surface area contributed by atoms with Crippen LogP contribution in [0.3, 0.4) is 0 Å². The Kier molecular flexibility index (Phi) is 2.96. The number of H-pyrrole nitrogens is 1. The van der Waals surface area contributed by atoms with Crippen molar-refractivity contribution >= 4 is 22.8 Å². The van der Waals surface area contributed by atoms with Crippen LogP contribution in [-0.2, 0) is 16.0 Å². The number of para-hydroxylation sites is 1. The lowest BCUT2D eigenvalue weighted by Crippen LogP contribution is -2.41. The summed E-state index contributed by atoms with van der Waals surface area (Å²) in [5.74, 6) is -1.93. The van der Waals surface area contributed by atoms with Gasteiger partial charge in [0, 0.05) is 30.4 Å². The van der Waals surface area contributed by atoms with E-state index in [1.807, 2.05) is 24.3 Å². The smallest absolute Gasteiger partial charge is 0.326 e. The molecule has 0 radical (unpaired) electrons. The molecule has 0 aliphatic rings. The first-order valence-electron chi connectivity index (χ1n) is 5.99. The number of hydrogen-bond donors (Lipinski definition) is 3. The van der Waals surface area contributed by atoms with E-state index in [2.05, 4.69) is 10.3 Å². The number of hydrogen-bond acceptors (Lipinski definition) is 2. The van der Waals surface area contributed by atoms with Crippen molar-refractivity contribution in [2.45, 2.75) is 19.4 Å².